The lowest BCUT2D eigenvalue weighted by atomic mass is 10.2. The number of aromatic nitrogens is 3. The minimum atomic E-state index is -0.827. The van der Waals surface area contributed by atoms with Crippen molar-refractivity contribution in [2.45, 2.75) is 43.7 Å². The van der Waals surface area contributed by atoms with E-state index in [0.29, 0.717) is 13.1 Å². The zero-order chi connectivity index (χ0) is 17.8. The fraction of sp³-hybridized carbons (Fsp3) is 0.529. The molecule has 25 heavy (non-hydrogen) atoms. The number of halogens is 2. The van der Waals surface area contributed by atoms with Crippen LogP contribution in [-0.4, -0.2) is 45.7 Å². The van der Waals surface area contributed by atoms with Crippen LogP contribution in [0, 0.1) is 11.6 Å². The molecule has 0 aliphatic carbocycles. The first-order valence-electron chi connectivity index (χ1n) is 8.27. The summed E-state index contributed by atoms with van der Waals surface area (Å²) in [4.78, 5) is 2.01. The Kier molecular flexibility index (Phi) is 6.03. The summed E-state index contributed by atoms with van der Waals surface area (Å²) < 4.78 is 34.2. The summed E-state index contributed by atoms with van der Waals surface area (Å²) in [6.45, 7) is 2.63. The second-order valence-corrected chi connectivity index (χ2v) is 7.04. The number of hydrogen-bond acceptors (Lipinski definition) is 5. The number of ether oxygens (including phenoxy) is 1. The largest absolute Gasteiger partial charge is 0.376 e. The molecule has 1 saturated heterocycles. The number of nitrogens with zero attached hydrogens (tertiary/aromatic N) is 4. The van der Waals surface area contributed by atoms with Crippen molar-refractivity contribution < 1.29 is 13.5 Å². The Morgan fingerprint density at radius 3 is 2.80 bits per heavy atom. The van der Waals surface area contributed by atoms with Gasteiger partial charge in [-0.3, -0.25) is 4.90 Å². The van der Waals surface area contributed by atoms with Crippen molar-refractivity contribution in [3.8, 4) is 0 Å². The van der Waals surface area contributed by atoms with E-state index < -0.39 is 11.6 Å². The van der Waals surface area contributed by atoms with Crippen LogP contribution in [0.25, 0.3) is 0 Å². The standard InChI is InChI=1S/C17H22F2N4OS/c1-22(9-12-5-6-14(18)15(19)8-12)11-16-20-21-17(25-2)23(16)10-13-4-3-7-24-13/h5-6,8,13H,3-4,7,9-11H2,1-2H3/t13-/m0/s1. The first-order chi connectivity index (χ1) is 12.1. The molecule has 1 fully saturated rings. The fourth-order valence-corrected chi connectivity index (χ4v) is 3.53. The first-order valence-corrected chi connectivity index (χ1v) is 9.49. The molecule has 0 spiro atoms. The molecule has 0 unspecified atom stereocenters. The molecule has 0 bridgehead atoms. The van der Waals surface area contributed by atoms with E-state index in [9.17, 15) is 8.78 Å². The van der Waals surface area contributed by atoms with Gasteiger partial charge in [-0.25, -0.2) is 8.78 Å². The van der Waals surface area contributed by atoms with Crippen LogP contribution in [0.5, 0.6) is 0 Å². The van der Waals surface area contributed by atoms with Crippen LogP contribution in [0.2, 0.25) is 0 Å². The van der Waals surface area contributed by atoms with E-state index in [-0.39, 0.29) is 6.10 Å². The quantitative estimate of drug-likeness (QED) is 0.703. The van der Waals surface area contributed by atoms with Gasteiger partial charge in [0, 0.05) is 13.2 Å². The molecule has 3 rings (SSSR count). The predicted octanol–water partition coefficient (Wildman–Crippen LogP) is 3.09. The molecule has 1 aromatic carbocycles. The van der Waals surface area contributed by atoms with Crippen LogP contribution < -0.4 is 0 Å². The van der Waals surface area contributed by atoms with Crippen LogP contribution in [0.15, 0.2) is 23.4 Å². The molecular formula is C17H22F2N4OS. The van der Waals surface area contributed by atoms with Crippen molar-refractivity contribution in [2.24, 2.45) is 0 Å². The lowest BCUT2D eigenvalue weighted by Crippen LogP contribution is -2.23. The van der Waals surface area contributed by atoms with E-state index in [4.69, 9.17) is 4.74 Å². The normalized spacial score (nSPS) is 17.6. The van der Waals surface area contributed by atoms with Gasteiger partial charge in [0.2, 0.25) is 0 Å². The molecule has 0 radical (unpaired) electrons. The van der Waals surface area contributed by atoms with Crippen LogP contribution >= 0.6 is 11.8 Å². The summed E-state index contributed by atoms with van der Waals surface area (Å²) in [6.07, 6.45) is 4.32. The van der Waals surface area contributed by atoms with Crippen LogP contribution in [0.4, 0.5) is 8.78 Å². The smallest absolute Gasteiger partial charge is 0.191 e. The zero-order valence-corrected chi connectivity index (χ0v) is 15.2. The Morgan fingerprint density at radius 1 is 1.28 bits per heavy atom. The lowest BCUT2D eigenvalue weighted by molar-refractivity contribution is 0.0934. The summed E-state index contributed by atoms with van der Waals surface area (Å²) in [6, 6.07) is 3.99. The molecule has 0 N–H and O–H groups in total. The molecule has 1 aliphatic rings. The second-order valence-electron chi connectivity index (χ2n) is 6.27. The highest BCUT2D eigenvalue weighted by Gasteiger charge is 2.21. The van der Waals surface area contributed by atoms with Crippen LogP contribution in [0.3, 0.4) is 0 Å². The highest BCUT2D eigenvalue weighted by Crippen LogP contribution is 2.20. The van der Waals surface area contributed by atoms with E-state index in [2.05, 4.69) is 14.8 Å². The summed E-state index contributed by atoms with van der Waals surface area (Å²) in [5.41, 5.74) is 0.719. The van der Waals surface area contributed by atoms with E-state index >= 15 is 0 Å². The maximum absolute atomic E-state index is 13.4. The third-order valence-corrected chi connectivity index (χ3v) is 4.90. The van der Waals surface area contributed by atoms with Gasteiger partial charge in [0.15, 0.2) is 16.8 Å². The molecule has 5 nitrogen and oxygen atoms in total. The van der Waals surface area contributed by atoms with Crippen molar-refractivity contribution in [2.75, 3.05) is 19.9 Å². The van der Waals surface area contributed by atoms with Gasteiger partial charge in [0.1, 0.15) is 5.82 Å². The van der Waals surface area contributed by atoms with Gasteiger partial charge in [0.05, 0.1) is 19.2 Å². The van der Waals surface area contributed by atoms with Gasteiger partial charge in [-0.2, -0.15) is 0 Å². The van der Waals surface area contributed by atoms with Crippen LogP contribution in [-0.2, 0) is 24.4 Å². The highest BCUT2D eigenvalue weighted by molar-refractivity contribution is 7.98. The number of thioether (sulfide) groups is 1. The molecule has 2 aromatic rings. The van der Waals surface area contributed by atoms with Gasteiger partial charge in [-0.1, -0.05) is 17.8 Å². The van der Waals surface area contributed by atoms with Crippen molar-refractivity contribution in [3.05, 3.63) is 41.2 Å². The minimum absolute atomic E-state index is 0.206. The van der Waals surface area contributed by atoms with Crippen molar-refractivity contribution >= 4 is 11.8 Å². The highest BCUT2D eigenvalue weighted by atomic mass is 32.2. The molecule has 8 heteroatoms. The van der Waals surface area contributed by atoms with E-state index in [1.54, 1.807) is 17.8 Å². The van der Waals surface area contributed by atoms with E-state index in [1.807, 2.05) is 18.2 Å². The van der Waals surface area contributed by atoms with Crippen molar-refractivity contribution in [1.29, 1.82) is 0 Å². The zero-order valence-electron chi connectivity index (χ0n) is 14.4. The summed E-state index contributed by atoms with van der Waals surface area (Å²) in [5, 5.41) is 9.42. The average molecular weight is 368 g/mol. The molecular weight excluding hydrogens is 346 g/mol. The van der Waals surface area contributed by atoms with Gasteiger partial charge < -0.3 is 9.30 Å². The Morgan fingerprint density at radius 2 is 2.12 bits per heavy atom. The topological polar surface area (TPSA) is 43.2 Å². The number of rotatable bonds is 7. The molecule has 1 aromatic heterocycles. The Hall–Kier alpha value is -1.51. The number of hydrogen-bond donors (Lipinski definition) is 0. The van der Waals surface area contributed by atoms with Crippen molar-refractivity contribution in [1.82, 2.24) is 19.7 Å². The van der Waals surface area contributed by atoms with Gasteiger partial charge in [0.25, 0.3) is 0 Å². The summed E-state index contributed by atoms with van der Waals surface area (Å²) >= 11 is 1.56. The predicted molar refractivity (Wildman–Crippen MR) is 92.3 cm³/mol. The Bertz CT molecular complexity index is 719. The van der Waals surface area contributed by atoms with E-state index in [1.165, 1.54) is 6.07 Å². The van der Waals surface area contributed by atoms with Gasteiger partial charge >= 0.3 is 0 Å². The monoisotopic (exact) mass is 368 g/mol. The summed E-state index contributed by atoms with van der Waals surface area (Å²) in [5.74, 6) is -0.797. The number of benzene rings is 1. The average Bonchev–Trinajstić information content (AvgIpc) is 3.22. The van der Waals surface area contributed by atoms with Crippen LogP contribution in [0.1, 0.15) is 24.2 Å². The molecule has 0 saturated carbocycles. The third kappa shape index (κ3) is 4.56. The molecule has 1 aliphatic heterocycles. The minimum Gasteiger partial charge on any atom is -0.376 e. The molecule has 2 heterocycles. The Balaban J connectivity index is 1.68. The molecule has 1 atom stereocenters. The maximum Gasteiger partial charge on any atom is 0.191 e. The Labute approximate surface area is 150 Å². The third-order valence-electron chi connectivity index (χ3n) is 4.23. The van der Waals surface area contributed by atoms with E-state index in [0.717, 1.165) is 48.6 Å². The van der Waals surface area contributed by atoms with Gasteiger partial charge in [-0.05, 0) is 43.8 Å². The maximum atomic E-state index is 13.4. The first kappa shape index (κ1) is 18.3. The second kappa shape index (κ2) is 8.25. The summed E-state index contributed by atoms with van der Waals surface area (Å²) in [7, 11) is 1.92. The molecule has 0 amide bonds. The van der Waals surface area contributed by atoms with Crippen molar-refractivity contribution in [3.63, 3.8) is 0 Å². The fourth-order valence-electron chi connectivity index (χ4n) is 3.01. The molecule has 136 valence electrons. The lowest BCUT2D eigenvalue weighted by Gasteiger charge is -2.19. The SMILES string of the molecule is CSc1nnc(CN(C)Cc2ccc(F)c(F)c2)n1C[C@@H]1CCCO1. The van der Waals surface area contributed by atoms with Gasteiger partial charge in [-0.15, -0.1) is 10.2 Å².